The summed E-state index contributed by atoms with van der Waals surface area (Å²) >= 11 is 0. The van der Waals surface area contributed by atoms with E-state index in [2.05, 4.69) is 29.2 Å². The van der Waals surface area contributed by atoms with Crippen LogP contribution in [0.2, 0.25) is 0 Å². The lowest BCUT2D eigenvalue weighted by Gasteiger charge is -2.28. The Hall–Kier alpha value is -0.940. The van der Waals surface area contributed by atoms with E-state index in [4.69, 9.17) is 0 Å². The molecule has 5 heteroatoms. The molecule has 1 aromatic heterocycles. The van der Waals surface area contributed by atoms with Gasteiger partial charge in [0.1, 0.15) is 11.6 Å². The highest BCUT2D eigenvalue weighted by Crippen LogP contribution is 2.13. The zero-order chi connectivity index (χ0) is 13.6. The number of hydrogen-bond acceptors (Lipinski definition) is 4. The second-order valence-corrected chi connectivity index (χ2v) is 5.18. The molecule has 1 atom stereocenters. The van der Waals surface area contributed by atoms with Crippen molar-refractivity contribution in [2.24, 2.45) is 0 Å². The van der Waals surface area contributed by atoms with Crippen LogP contribution < -0.4 is 5.32 Å². The fourth-order valence-corrected chi connectivity index (χ4v) is 2.04. The van der Waals surface area contributed by atoms with Crippen LogP contribution in [0.4, 0.5) is 0 Å². The Morgan fingerprint density at radius 3 is 2.61 bits per heavy atom. The van der Waals surface area contributed by atoms with Crippen molar-refractivity contribution in [1.82, 2.24) is 20.1 Å². The Balaban J connectivity index is 2.41. The zero-order valence-corrected chi connectivity index (χ0v) is 12.0. The average Bonchev–Trinajstić information content (AvgIpc) is 2.65. The number of nitrogens with one attached hydrogen (secondary N) is 1. The monoisotopic (exact) mass is 254 g/mol. The number of rotatable bonds is 8. The third-order valence-electron chi connectivity index (χ3n) is 3.21. The standard InChI is InChI=1S/C13H26N4O/c1-5-8-14-13(4,10-18)7-6-9-17-12(3)15-11(2)16-17/h14,18H,5-10H2,1-4H3. The predicted octanol–water partition coefficient (Wildman–Crippen LogP) is 1.43. The largest absolute Gasteiger partial charge is 0.394 e. The van der Waals surface area contributed by atoms with E-state index in [1.165, 1.54) is 0 Å². The fourth-order valence-electron chi connectivity index (χ4n) is 2.04. The number of hydrogen-bond donors (Lipinski definition) is 2. The molecule has 0 radical (unpaired) electrons. The van der Waals surface area contributed by atoms with Crippen molar-refractivity contribution in [3.63, 3.8) is 0 Å². The molecule has 0 saturated carbocycles. The summed E-state index contributed by atoms with van der Waals surface area (Å²) < 4.78 is 1.94. The average molecular weight is 254 g/mol. The maximum atomic E-state index is 9.47. The molecule has 1 rings (SSSR count). The fraction of sp³-hybridized carbons (Fsp3) is 0.846. The minimum absolute atomic E-state index is 0.169. The molecule has 2 N–H and O–H groups in total. The molecule has 104 valence electrons. The molecular formula is C13H26N4O. The minimum atomic E-state index is -0.181. The third-order valence-corrected chi connectivity index (χ3v) is 3.21. The van der Waals surface area contributed by atoms with E-state index < -0.39 is 0 Å². The van der Waals surface area contributed by atoms with E-state index in [1.54, 1.807) is 0 Å². The molecule has 0 aromatic carbocycles. The quantitative estimate of drug-likeness (QED) is 0.736. The van der Waals surface area contributed by atoms with Gasteiger partial charge in [0.05, 0.1) is 6.61 Å². The van der Waals surface area contributed by atoms with E-state index in [0.29, 0.717) is 0 Å². The first-order chi connectivity index (χ1) is 8.50. The Morgan fingerprint density at radius 2 is 2.11 bits per heavy atom. The lowest BCUT2D eigenvalue weighted by atomic mass is 9.96. The van der Waals surface area contributed by atoms with Crippen LogP contribution in [0.5, 0.6) is 0 Å². The van der Waals surface area contributed by atoms with Crippen LogP contribution in [0.3, 0.4) is 0 Å². The molecule has 1 heterocycles. The van der Waals surface area contributed by atoms with Crippen molar-refractivity contribution in [3.05, 3.63) is 11.6 Å². The van der Waals surface area contributed by atoms with Crippen LogP contribution in [0.15, 0.2) is 0 Å². The van der Waals surface area contributed by atoms with Crippen LogP contribution in [0, 0.1) is 13.8 Å². The maximum Gasteiger partial charge on any atom is 0.147 e. The first-order valence-corrected chi connectivity index (χ1v) is 6.74. The minimum Gasteiger partial charge on any atom is -0.394 e. The van der Waals surface area contributed by atoms with E-state index in [-0.39, 0.29) is 12.1 Å². The predicted molar refractivity (Wildman–Crippen MR) is 72.5 cm³/mol. The molecule has 0 amide bonds. The molecule has 5 nitrogen and oxygen atoms in total. The molecule has 0 aliphatic rings. The molecule has 1 unspecified atom stereocenters. The molecule has 0 aliphatic carbocycles. The van der Waals surface area contributed by atoms with Gasteiger partial charge < -0.3 is 10.4 Å². The van der Waals surface area contributed by atoms with E-state index in [0.717, 1.165) is 44.0 Å². The van der Waals surface area contributed by atoms with Gasteiger partial charge >= 0.3 is 0 Å². The second kappa shape index (κ2) is 6.85. The van der Waals surface area contributed by atoms with Crippen LogP contribution in [-0.2, 0) is 6.54 Å². The highest BCUT2D eigenvalue weighted by Gasteiger charge is 2.21. The Kier molecular flexibility index (Phi) is 5.75. The first-order valence-electron chi connectivity index (χ1n) is 6.74. The van der Waals surface area contributed by atoms with Crippen molar-refractivity contribution < 1.29 is 5.11 Å². The topological polar surface area (TPSA) is 63.0 Å². The molecule has 1 aromatic rings. The summed E-state index contributed by atoms with van der Waals surface area (Å²) in [6, 6.07) is 0. The van der Waals surface area contributed by atoms with Gasteiger partial charge in [-0.25, -0.2) is 4.98 Å². The lowest BCUT2D eigenvalue weighted by Crippen LogP contribution is -2.46. The summed E-state index contributed by atoms with van der Waals surface area (Å²) in [5.41, 5.74) is -0.181. The van der Waals surface area contributed by atoms with Gasteiger partial charge in [-0.3, -0.25) is 4.68 Å². The van der Waals surface area contributed by atoms with Crippen LogP contribution >= 0.6 is 0 Å². The van der Waals surface area contributed by atoms with E-state index in [9.17, 15) is 5.11 Å². The smallest absolute Gasteiger partial charge is 0.147 e. The molecule has 0 aliphatic heterocycles. The number of aliphatic hydroxyl groups excluding tert-OH is 1. The van der Waals surface area contributed by atoms with Crippen LogP contribution in [0.1, 0.15) is 44.8 Å². The van der Waals surface area contributed by atoms with Gasteiger partial charge in [0.15, 0.2) is 0 Å². The van der Waals surface area contributed by atoms with Crippen molar-refractivity contribution in [2.75, 3.05) is 13.2 Å². The first kappa shape index (κ1) is 15.1. The summed E-state index contributed by atoms with van der Waals surface area (Å²) in [7, 11) is 0. The van der Waals surface area contributed by atoms with Gasteiger partial charge in [-0.1, -0.05) is 6.92 Å². The maximum absolute atomic E-state index is 9.47. The molecule has 0 spiro atoms. The highest BCUT2D eigenvalue weighted by molar-refractivity contribution is 4.88. The highest BCUT2D eigenvalue weighted by atomic mass is 16.3. The summed E-state index contributed by atoms with van der Waals surface area (Å²) in [5.74, 6) is 1.78. The Morgan fingerprint density at radius 1 is 1.39 bits per heavy atom. The van der Waals surface area contributed by atoms with Crippen molar-refractivity contribution in [2.45, 2.75) is 59.0 Å². The normalized spacial score (nSPS) is 14.7. The Bertz CT molecular complexity index is 364. The zero-order valence-electron chi connectivity index (χ0n) is 12.0. The summed E-state index contributed by atoms with van der Waals surface area (Å²) in [6.07, 6.45) is 3.00. The second-order valence-electron chi connectivity index (χ2n) is 5.18. The van der Waals surface area contributed by atoms with Gasteiger partial charge in [0.25, 0.3) is 0 Å². The van der Waals surface area contributed by atoms with Gasteiger partial charge in [0.2, 0.25) is 0 Å². The van der Waals surface area contributed by atoms with Gasteiger partial charge in [-0.05, 0) is 46.6 Å². The summed E-state index contributed by atoms with van der Waals surface area (Å²) in [5, 5.41) is 17.2. The van der Waals surface area contributed by atoms with Crippen LogP contribution in [0.25, 0.3) is 0 Å². The van der Waals surface area contributed by atoms with Gasteiger partial charge in [0, 0.05) is 12.1 Å². The molecule has 18 heavy (non-hydrogen) atoms. The molecule has 0 saturated heterocycles. The number of nitrogens with zero attached hydrogens (tertiary/aromatic N) is 3. The SMILES string of the molecule is CCCNC(C)(CO)CCCn1nc(C)nc1C. The van der Waals surface area contributed by atoms with Crippen LogP contribution in [-0.4, -0.2) is 38.6 Å². The lowest BCUT2D eigenvalue weighted by molar-refractivity contribution is 0.162. The van der Waals surface area contributed by atoms with Crippen molar-refractivity contribution in [1.29, 1.82) is 0 Å². The third kappa shape index (κ3) is 4.38. The number of aromatic nitrogens is 3. The summed E-state index contributed by atoms with van der Waals surface area (Å²) in [4.78, 5) is 4.28. The number of aryl methyl sites for hydroxylation is 3. The van der Waals surface area contributed by atoms with Gasteiger partial charge in [-0.15, -0.1) is 0 Å². The Labute approximate surface area is 110 Å². The van der Waals surface area contributed by atoms with E-state index >= 15 is 0 Å². The van der Waals surface area contributed by atoms with Crippen molar-refractivity contribution in [3.8, 4) is 0 Å². The summed E-state index contributed by atoms with van der Waals surface area (Å²) in [6.45, 7) is 10.1. The number of aliphatic hydroxyl groups is 1. The molecule has 0 bridgehead atoms. The van der Waals surface area contributed by atoms with E-state index in [1.807, 2.05) is 18.5 Å². The van der Waals surface area contributed by atoms with Crippen molar-refractivity contribution >= 4 is 0 Å². The molecular weight excluding hydrogens is 228 g/mol. The van der Waals surface area contributed by atoms with Gasteiger partial charge in [-0.2, -0.15) is 5.10 Å². The molecule has 0 fully saturated rings.